The molecule has 2 atom stereocenters. The van der Waals surface area contributed by atoms with Gasteiger partial charge >= 0.3 is 5.97 Å². The van der Waals surface area contributed by atoms with Gasteiger partial charge in [0, 0.05) is 30.3 Å². The second kappa shape index (κ2) is 4.99. The quantitative estimate of drug-likeness (QED) is 0.682. The van der Waals surface area contributed by atoms with Crippen LogP contribution in [0, 0.1) is 0 Å². The Bertz CT molecular complexity index is 1070. The Morgan fingerprint density at radius 2 is 2.26 bits per heavy atom. The summed E-state index contributed by atoms with van der Waals surface area (Å²) in [5, 5.41) is 10.7. The molecule has 0 radical (unpaired) electrons. The molecule has 0 spiro atoms. The van der Waals surface area contributed by atoms with Gasteiger partial charge in [-0.1, -0.05) is 0 Å². The van der Waals surface area contributed by atoms with E-state index in [1.807, 2.05) is 40.6 Å². The van der Waals surface area contributed by atoms with Crippen molar-refractivity contribution in [3.63, 3.8) is 0 Å². The van der Waals surface area contributed by atoms with Crippen LogP contribution in [0.5, 0.6) is 0 Å². The van der Waals surface area contributed by atoms with Crippen LogP contribution in [-0.4, -0.2) is 48.7 Å². The standard InChI is InChI=1S/C18H19N7O2/c1-18-8-11(27-15(18)26)9-25(18)17-20-14-3-2-6-24(14)16(21-17)19-13-7-12(22-23-13)10-4-5-10/h2-3,6-7,10-11H,4-5,8-9H2,1H3,(H2,19,20,21,22,23)/t11-,18+/m0/s1. The van der Waals surface area contributed by atoms with Crippen LogP contribution in [-0.2, 0) is 9.53 Å². The Kier molecular flexibility index (Phi) is 2.78. The van der Waals surface area contributed by atoms with Crippen LogP contribution >= 0.6 is 0 Å². The number of rotatable bonds is 4. The van der Waals surface area contributed by atoms with Gasteiger partial charge < -0.3 is 15.0 Å². The number of hydrogen-bond donors (Lipinski definition) is 2. The van der Waals surface area contributed by atoms with Crippen LogP contribution < -0.4 is 10.2 Å². The summed E-state index contributed by atoms with van der Waals surface area (Å²) in [4.78, 5) is 23.6. The van der Waals surface area contributed by atoms with Gasteiger partial charge in [0.15, 0.2) is 5.82 Å². The second-order valence-electron chi connectivity index (χ2n) is 7.81. The summed E-state index contributed by atoms with van der Waals surface area (Å²) in [7, 11) is 0. The number of carbonyl (C=O) groups is 1. The number of aromatic amines is 1. The molecule has 2 saturated heterocycles. The lowest BCUT2D eigenvalue weighted by molar-refractivity contribution is -0.147. The van der Waals surface area contributed by atoms with Crippen LogP contribution in [0.15, 0.2) is 24.4 Å². The van der Waals surface area contributed by atoms with Crippen LogP contribution in [0.1, 0.15) is 37.8 Å². The van der Waals surface area contributed by atoms with Crippen LogP contribution in [0.25, 0.3) is 5.65 Å². The molecule has 2 aliphatic heterocycles. The average molecular weight is 365 g/mol. The van der Waals surface area contributed by atoms with Gasteiger partial charge in [-0.3, -0.25) is 9.50 Å². The molecule has 138 valence electrons. The highest BCUT2D eigenvalue weighted by molar-refractivity contribution is 5.88. The number of H-pyrrole nitrogens is 1. The van der Waals surface area contributed by atoms with Crippen LogP contribution in [0.3, 0.4) is 0 Å². The van der Waals surface area contributed by atoms with Gasteiger partial charge in [-0.15, -0.1) is 0 Å². The fraction of sp³-hybridized carbons (Fsp3) is 0.444. The van der Waals surface area contributed by atoms with Crippen molar-refractivity contribution in [3.05, 3.63) is 30.1 Å². The molecule has 0 aromatic carbocycles. The van der Waals surface area contributed by atoms with Gasteiger partial charge in [-0.25, -0.2) is 4.79 Å². The summed E-state index contributed by atoms with van der Waals surface area (Å²) in [6.45, 7) is 2.52. The summed E-state index contributed by atoms with van der Waals surface area (Å²) >= 11 is 0. The van der Waals surface area contributed by atoms with Gasteiger partial charge in [0.2, 0.25) is 11.9 Å². The minimum atomic E-state index is -0.696. The molecule has 6 rings (SSSR count). The van der Waals surface area contributed by atoms with Crippen LogP contribution in [0.4, 0.5) is 17.7 Å². The maximum Gasteiger partial charge on any atom is 0.332 e. The predicted molar refractivity (Wildman–Crippen MR) is 97.1 cm³/mol. The first-order valence-electron chi connectivity index (χ1n) is 9.26. The Balaban J connectivity index is 1.40. The Labute approximate surface area is 154 Å². The summed E-state index contributed by atoms with van der Waals surface area (Å²) in [6, 6.07) is 5.88. The maximum absolute atomic E-state index is 12.2. The number of nitrogens with zero attached hydrogens (tertiary/aromatic N) is 5. The molecule has 3 aromatic heterocycles. The molecule has 2 bridgehead atoms. The smallest absolute Gasteiger partial charge is 0.332 e. The highest BCUT2D eigenvalue weighted by atomic mass is 16.6. The fourth-order valence-corrected chi connectivity index (χ4v) is 4.12. The first-order valence-corrected chi connectivity index (χ1v) is 9.26. The lowest BCUT2D eigenvalue weighted by atomic mass is 10.0. The minimum Gasteiger partial charge on any atom is -0.459 e. The molecule has 0 amide bonds. The second-order valence-corrected chi connectivity index (χ2v) is 7.81. The lowest BCUT2D eigenvalue weighted by Crippen LogP contribution is -2.51. The average Bonchev–Trinajstić information content (AvgIpc) is 2.98. The SMILES string of the molecule is C[C@]12C[C@@H](CN1c1nc(Nc3cc(C4CC4)[nH]n3)n3cccc3n1)OC2=O. The molecular weight excluding hydrogens is 346 g/mol. The molecule has 2 N–H and O–H groups in total. The third-order valence-electron chi connectivity index (χ3n) is 5.79. The number of hydrogen-bond acceptors (Lipinski definition) is 7. The largest absolute Gasteiger partial charge is 0.459 e. The van der Waals surface area contributed by atoms with Gasteiger partial charge in [-0.05, 0) is 31.9 Å². The van der Waals surface area contributed by atoms with E-state index in [0.717, 1.165) is 17.2 Å². The van der Waals surface area contributed by atoms with E-state index in [1.54, 1.807) is 0 Å². The van der Waals surface area contributed by atoms with Crippen molar-refractivity contribution in [1.82, 2.24) is 24.6 Å². The summed E-state index contributed by atoms with van der Waals surface area (Å²) in [6.07, 6.45) is 4.92. The molecule has 3 fully saturated rings. The number of anilines is 3. The predicted octanol–water partition coefficient (Wildman–Crippen LogP) is 1.97. The molecule has 0 unspecified atom stereocenters. The summed E-state index contributed by atoms with van der Waals surface area (Å²) < 4.78 is 7.25. The summed E-state index contributed by atoms with van der Waals surface area (Å²) in [5.74, 6) is 2.28. The van der Waals surface area contributed by atoms with Crippen molar-refractivity contribution in [1.29, 1.82) is 0 Å². The molecule has 1 aliphatic carbocycles. The highest BCUT2D eigenvalue weighted by Gasteiger charge is 2.57. The first-order chi connectivity index (χ1) is 13.1. The number of nitrogens with one attached hydrogen (secondary N) is 2. The Morgan fingerprint density at radius 1 is 1.37 bits per heavy atom. The summed E-state index contributed by atoms with van der Waals surface area (Å²) in [5.41, 5.74) is 1.22. The van der Waals surface area contributed by atoms with Crippen LogP contribution in [0.2, 0.25) is 0 Å². The number of morpholine rings is 1. The molecule has 27 heavy (non-hydrogen) atoms. The van der Waals surface area contributed by atoms with Crippen molar-refractivity contribution in [3.8, 4) is 0 Å². The van der Waals surface area contributed by atoms with E-state index in [0.29, 0.717) is 30.8 Å². The van der Waals surface area contributed by atoms with Crippen molar-refractivity contribution in [2.45, 2.75) is 43.7 Å². The zero-order valence-electron chi connectivity index (χ0n) is 14.8. The normalized spacial score (nSPS) is 26.8. The van der Waals surface area contributed by atoms with E-state index in [9.17, 15) is 4.79 Å². The van der Waals surface area contributed by atoms with Gasteiger partial charge in [0.25, 0.3) is 0 Å². The third kappa shape index (κ3) is 2.17. The Morgan fingerprint density at radius 3 is 3.04 bits per heavy atom. The number of ether oxygens (including phenoxy) is 1. The van der Waals surface area contributed by atoms with Crippen molar-refractivity contribution < 1.29 is 9.53 Å². The molecule has 3 aromatic rings. The minimum absolute atomic E-state index is 0.0852. The topological polar surface area (TPSA) is 100 Å². The van der Waals surface area contributed by atoms with Gasteiger partial charge in [0.05, 0.1) is 6.54 Å². The van der Waals surface area contributed by atoms with E-state index in [2.05, 4.69) is 20.5 Å². The number of carbonyl (C=O) groups excluding carboxylic acids is 1. The zero-order chi connectivity index (χ0) is 18.2. The zero-order valence-corrected chi connectivity index (χ0v) is 14.8. The number of esters is 1. The van der Waals surface area contributed by atoms with Gasteiger partial charge in [0.1, 0.15) is 17.3 Å². The van der Waals surface area contributed by atoms with E-state index in [-0.39, 0.29) is 12.1 Å². The number of fused-ring (bicyclic) bond motifs is 3. The highest BCUT2D eigenvalue weighted by Crippen LogP contribution is 2.41. The molecule has 1 saturated carbocycles. The molecule has 3 aliphatic rings. The molecule has 9 nitrogen and oxygen atoms in total. The van der Waals surface area contributed by atoms with E-state index >= 15 is 0 Å². The van der Waals surface area contributed by atoms with Crippen molar-refractivity contribution in [2.75, 3.05) is 16.8 Å². The monoisotopic (exact) mass is 365 g/mol. The van der Waals surface area contributed by atoms with Gasteiger partial charge in [-0.2, -0.15) is 15.1 Å². The van der Waals surface area contributed by atoms with Crippen molar-refractivity contribution in [2.24, 2.45) is 0 Å². The lowest BCUT2D eigenvalue weighted by Gasteiger charge is -2.33. The maximum atomic E-state index is 12.2. The number of aromatic nitrogens is 5. The van der Waals surface area contributed by atoms with Crippen molar-refractivity contribution >= 4 is 29.3 Å². The fourth-order valence-electron chi connectivity index (χ4n) is 4.12. The Hall–Kier alpha value is -3.10. The first kappa shape index (κ1) is 15.0. The molecule has 5 heterocycles. The molecule has 9 heteroatoms. The molecular formula is C18H19N7O2. The van der Waals surface area contributed by atoms with E-state index < -0.39 is 5.54 Å². The van der Waals surface area contributed by atoms with E-state index in [1.165, 1.54) is 12.8 Å². The third-order valence-corrected chi connectivity index (χ3v) is 5.79. The van der Waals surface area contributed by atoms with E-state index in [4.69, 9.17) is 9.72 Å².